The molecule has 102 valence electrons. The van der Waals surface area contributed by atoms with E-state index in [1.165, 1.54) is 0 Å². The SMILES string of the molecule is C#CC(CCC)NS(=O)(=O)c1ccc2c(c1)CCN2. The summed E-state index contributed by atoms with van der Waals surface area (Å²) in [5.41, 5.74) is 2.05. The van der Waals surface area contributed by atoms with E-state index >= 15 is 0 Å². The molecule has 0 radical (unpaired) electrons. The molecule has 1 atom stereocenters. The fourth-order valence-corrected chi connectivity index (χ4v) is 3.41. The third kappa shape index (κ3) is 3.09. The summed E-state index contributed by atoms with van der Waals surface area (Å²) >= 11 is 0. The Balaban J connectivity index is 2.22. The minimum Gasteiger partial charge on any atom is -0.384 e. The summed E-state index contributed by atoms with van der Waals surface area (Å²) in [6.45, 7) is 2.83. The van der Waals surface area contributed by atoms with Crippen molar-refractivity contribution in [2.75, 3.05) is 11.9 Å². The summed E-state index contributed by atoms with van der Waals surface area (Å²) < 4.78 is 27.1. The summed E-state index contributed by atoms with van der Waals surface area (Å²) in [5, 5.41) is 3.20. The molecular formula is C14H18N2O2S. The Hall–Kier alpha value is -1.51. The monoisotopic (exact) mass is 278 g/mol. The Bertz CT molecular complexity index is 602. The molecule has 0 amide bonds. The standard InChI is InChI=1S/C14H18N2O2S/c1-3-5-12(4-2)16-19(17,18)13-6-7-14-11(10-13)8-9-15-14/h2,6-7,10,12,15-16H,3,5,8-9H2,1H3. The van der Waals surface area contributed by atoms with Crippen molar-refractivity contribution in [3.63, 3.8) is 0 Å². The molecule has 0 spiro atoms. The van der Waals surface area contributed by atoms with Crippen LogP contribution in [-0.4, -0.2) is 21.0 Å². The predicted molar refractivity (Wildman–Crippen MR) is 76.5 cm³/mol. The molecule has 0 saturated carbocycles. The molecule has 0 fully saturated rings. The van der Waals surface area contributed by atoms with Gasteiger partial charge in [-0.1, -0.05) is 19.3 Å². The number of terminal acetylenes is 1. The Labute approximate surface area is 114 Å². The quantitative estimate of drug-likeness (QED) is 0.807. The van der Waals surface area contributed by atoms with Gasteiger partial charge in [-0.05, 0) is 36.6 Å². The minimum atomic E-state index is -3.54. The van der Waals surface area contributed by atoms with E-state index in [0.717, 1.165) is 30.6 Å². The van der Waals surface area contributed by atoms with Gasteiger partial charge in [0.05, 0.1) is 10.9 Å². The van der Waals surface area contributed by atoms with E-state index in [4.69, 9.17) is 6.42 Å². The molecule has 1 aromatic carbocycles. The Morgan fingerprint density at radius 1 is 1.53 bits per heavy atom. The van der Waals surface area contributed by atoms with Crippen LogP contribution in [0.2, 0.25) is 0 Å². The summed E-state index contributed by atoms with van der Waals surface area (Å²) in [7, 11) is -3.54. The molecule has 1 aliphatic rings. The maximum Gasteiger partial charge on any atom is 0.241 e. The van der Waals surface area contributed by atoms with E-state index in [2.05, 4.69) is 16.0 Å². The van der Waals surface area contributed by atoms with Gasteiger partial charge in [0.1, 0.15) is 0 Å². The first-order valence-electron chi connectivity index (χ1n) is 6.42. The first-order valence-corrected chi connectivity index (χ1v) is 7.90. The highest BCUT2D eigenvalue weighted by Crippen LogP contribution is 2.25. The molecule has 2 rings (SSSR count). The van der Waals surface area contributed by atoms with Crippen molar-refractivity contribution >= 4 is 15.7 Å². The van der Waals surface area contributed by atoms with Crippen LogP contribution in [0, 0.1) is 12.3 Å². The second-order valence-corrected chi connectivity index (χ2v) is 6.34. The van der Waals surface area contributed by atoms with Crippen molar-refractivity contribution in [3.8, 4) is 12.3 Å². The van der Waals surface area contributed by atoms with E-state index in [9.17, 15) is 8.42 Å². The molecule has 1 heterocycles. The average Bonchev–Trinajstić information content (AvgIpc) is 2.85. The zero-order valence-corrected chi connectivity index (χ0v) is 11.8. The Morgan fingerprint density at radius 3 is 3.00 bits per heavy atom. The van der Waals surface area contributed by atoms with Crippen LogP contribution >= 0.6 is 0 Å². The van der Waals surface area contributed by atoms with Crippen LogP contribution in [-0.2, 0) is 16.4 Å². The smallest absolute Gasteiger partial charge is 0.241 e. The zero-order chi connectivity index (χ0) is 13.9. The van der Waals surface area contributed by atoms with E-state index in [1.807, 2.05) is 13.0 Å². The topological polar surface area (TPSA) is 58.2 Å². The number of fused-ring (bicyclic) bond motifs is 1. The summed E-state index contributed by atoms with van der Waals surface area (Å²) in [5.74, 6) is 2.48. The van der Waals surface area contributed by atoms with E-state index in [0.29, 0.717) is 6.42 Å². The van der Waals surface area contributed by atoms with Crippen LogP contribution in [0.1, 0.15) is 25.3 Å². The maximum absolute atomic E-state index is 12.2. The second-order valence-electron chi connectivity index (χ2n) is 4.62. The van der Waals surface area contributed by atoms with Gasteiger partial charge in [0.25, 0.3) is 0 Å². The molecule has 0 bridgehead atoms. The third-order valence-electron chi connectivity index (χ3n) is 3.17. The number of sulfonamides is 1. The van der Waals surface area contributed by atoms with Gasteiger partial charge in [-0.15, -0.1) is 6.42 Å². The molecule has 1 unspecified atom stereocenters. The number of hydrogen-bond acceptors (Lipinski definition) is 3. The van der Waals surface area contributed by atoms with Gasteiger partial charge in [0, 0.05) is 12.2 Å². The zero-order valence-electron chi connectivity index (χ0n) is 10.9. The molecule has 5 heteroatoms. The molecule has 4 nitrogen and oxygen atoms in total. The lowest BCUT2D eigenvalue weighted by Crippen LogP contribution is -2.33. The molecule has 1 aliphatic heterocycles. The maximum atomic E-state index is 12.2. The molecule has 19 heavy (non-hydrogen) atoms. The van der Waals surface area contributed by atoms with Gasteiger partial charge in [-0.25, -0.2) is 8.42 Å². The summed E-state index contributed by atoms with van der Waals surface area (Å²) in [6.07, 6.45) is 7.68. The predicted octanol–water partition coefficient (Wildman–Crippen LogP) is 1.73. The molecule has 2 N–H and O–H groups in total. The van der Waals surface area contributed by atoms with E-state index in [1.54, 1.807) is 12.1 Å². The first kappa shape index (κ1) is 13.9. The lowest BCUT2D eigenvalue weighted by Gasteiger charge is -2.13. The van der Waals surface area contributed by atoms with E-state index < -0.39 is 16.1 Å². The van der Waals surface area contributed by atoms with Gasteiger partial charge < -0.3 is 5.32 Å². The first-order chi connectivity index (χ1) is 9.06. The van der Waals surface area contributed by atoms with Gasteiger partial charge in [0.15, 0.2) is 0 Å². The Morgan fingerprint density at radius 2 is 2.32 bits per heavy atom. The van der Waals surface area contributed by atoms with Crippen LogP contribution < -0.4 is 10.0 Å². The highest BCUT2D eigenvalue weighted by molar-refractivity contribution is 7.89. The largest absolute Gasteiger partial charge is 0.384 e. The average molecular weight is 278 g/mol. The van der Waals surface area contributed by atoms with Gasteiger partial charge >= 0.3 is 0 Å². The molecule has 1 aromatic rings. The van der Waals surface area contributed by atoms with Gasteiger partial charge in [-0.2, -0.15) is 4.72 Å². The number of hydrogen-bond donors (Lipinski definition) is 2. The lowest BCUT2D eigenvalue weighted by atomic mass is 10.2. The van der Waals surface area contributed by atoms with Crippen molar-refractivity contribution in [1.29, 1.82) is 0 Å². The highest BCUT2D eigenvalue weighted by Gasteiger charge is 2.20. The number of nitrogens with one attached hydrogen (secondary N) is 2. The van der Waals surface area contributed by atoms with Gasteiger partial charge in [-0.3, -0.25) is 0 Å². The molecular weight excluding hydrogens is 260 g/mol. The molecule has 0 aromatic heterocycles. The van der Waals surface area contributed by atoms with Crippen LogP contribution in [0.5, 0.6) is 0 Å². The summed E-state index contributed by atoms with van der Waals surface area (Å²) in [4.78, 5) is 0.284. The fraction of sp³-hybridized carbons (Fsp3) is 0.429. The van der Waals surface area contributed by atoms with Crippen LogP contribution in [0.15, 0.2) is 23.1 Å². The van der Waals surface area contributed by atoms with Gasteiger partial charge in [0.2, 0.25) is 10.0 Å². The number of benzene rings is 1. The van der Waals surface area contributed by atoms with Crippen molar-refractivity contribution < 1.29 is 8.42 Å². The van der Waals surface area contributed by atoms with E-state index in [-0.39, 0.29) is 4.90 Å². The fourth-order valence-electron chi connectivity index (χ4n) is 2.17. The number of anilines is 1. The van der Waals surface area contributed by atoms with Crippen LogP contribution in [0.3, 0.4) is 0 Å². The van der Waals surface area contributed by atoms with Crippen LogP contribution in [0.25, 0.3) is 0 Å². The highest BCUT2D eigenvalue weighted by atomic mass is 32.2. The normalized spacial score (nSPS) is 15.4. The second kappa shape index (κ2) is 5.64. The minimum absolute atomic E-state index is 0.284. The molecule has 0 aliphatic carbocycles. The van der Waals surface area contributed by atoms with Crippen molar-refractivity contribution in [2.45, 2.75) is 37.1 Å². The Kier molecular flexibility index (Phi) is 4.13. The molecule has 0 saturated heterocycles. The lowest BCUT2D eigenvalue weighted by molar-refractivity contribution is 0.564. The third-order valence-corrected chi connectivity index (χ3v) is 4.64. The van der Waals surface area contributed by atoms with Crippen molar-refractivity contribution in [2.24, 2.45) is 0 Å². The van der Waals surface area contributed by atoms with Crippen LogP contribution in [0.4, 0.5) is 5.69 Å². The van der Waals surface area contributed by atoms with Crippen molar-refractivity contribution in [3.05, 3.63) is 23.8 Å². The van der Waals surface area contributed by atoms with Crippen molar-refractivity contribution in [1.82, 2.24) is 4.72 Å². The summed E-state index contributed by atoms with van der Waals surface area (Å²) in [6, 6.07) is 4.69. The number of rotatable bonds is 5.